The molecule has 2 unspecified atom stereocenters. The molecule has 1 aliphatic heterocycles. The van der Waals surface area contributed by atoms with E-state index < -0.39 is 0 Å². The second-order valence-electron chi connectivity index (χ2n) is 6.24. The SMILES string of the molecule is CCC1Cc2cccc3cc(C)n(c23)C1c1ccccc1. The van der Waals surface area contributed by atoms with Crippen molar-refractivity contribution in [1.29, 1.82) is 0 Å². The number of nitrogens with zero attached hydrogens (tertiary/aromatic N) is 1. The molecule has 0 fully saturated rings. The summed E-state index contributed by atoms with van der Waals surface area (Å²) in [4.78, 5) is 0. The first-order valence-electron chi connectivity index (χ1n) is 7.94. The van der Waals surface area contributed by atoms with Crippen molar-refractivity contribution in [2.24, 2.45) is 5.92 Å². The molecule has 0 spiro atoms. The van der Waals surface area contributed by atoms with Crippen LogP contribution in [-0.4, -0.2) is 4.57 Å². The molecule has 1 aromatic heterocycles. The third kappa shape index (κ3) is 1.84. The van der Waals surface area contributed by atoms with E-state index in [0.29, 0.717) is 12.0 Å². The van der Waals surface area contributed by atoms with E-state index in [9.17, 15) is 0 Å². The van der Waals surface area contributed by atoms with E-state index in [1.165, 1.54) is 40.6 Å². The van der Waals surface area contributed by atoms with Gasteiger partial charge in [-0.05, 0) is 36.5 Å². The number of aryl methyl sites for hydroxylation is 1. The third-order valence-corrected chi connectivity index (χ3v) is 5.01. The van der Waals surface area contributed by atoms with Gasteiger partial charge in [-0.1, -0.05) is 61.9 Å². The van der Waals surface area contributed by atoms with Gasteiger partial charge in [0.05, 0.1) is 11.6 Å². The minimum Gasteiger partial charge on any atom is -0.337 e. The lowest BCUT2D eigenvalue weighted by atomic mass is 9.82. The van der Waals surface area contributed by atoms with Crippen LogP contribution in [0, 0.1) is 12.8 Å². The van der Waals surface area contributed by atoms with Crippen molar-refractivity contribution in [2.75, 3.05) is 0 Å². The van der Waals surface area contributed by atoms with Gasteiger partial charge in [-0.15, -0.1) is 0 Å². The first-order chi connectivity index (χ1) is 10.3. The Kier molecular flexibility index (Phi) is 2.88. The maximum Gasteiger partial charge on any atom is 0.0619 e. The highest BCUT2D eigenvalue weighted by atomic mass is 15.0. The van der Waals surface area contributed by atoms with E-state index in [2.05, 4.69) is 73.0 Å². The first-order valence-corrected chi connectivity index (χ1v) is 7.94. The average molecular weight is 275 g/mol. The maximum atomic E-state index is 2.58. The minimum atomic E-state index is 0.476. The summed E-state index contributed by atoms with van der Waals surface area (Å²) in [5.74, 6) is 0.677. The predicted octanol–water partition coefficient (Wildman–Crippen LogP) is 5.12. The molecule has 3 aromatic rings. The van der Waals surface area contributed by atoms with E-state index in [4.69, 9.17) is 0 Å². The normalized spacial score (nSPS) is 20.9. The van der Waals surface area contributed by atoms with Gasteiger partial charge in [0.1, 0.15) is 0 Å². The molecule has 0 aliphatic carbocycles. The average Bonchev–Trinajstić information content (AvgIpc) is 2.86. The fourth-order valence-electron chi connectivity index (χ4n) is 4.06. The van der Waals surface area contributed by atoms with Crippen LogP contribution in [0.5, 0.6) is 0 Å². The van der Waals surface area contributed by atoms with Crippen molar-refractivity contribution in [3.8, 4) is 0 Å². The van der Waals surface area contributed by atoms with E-state index >= 15 is 0 Å². The summed E-state index contributed by atoms with van der Waals surface area (Å²) in [6.45, 7) is 4.57. The van der Waals surface area contributed by atoms with Gasteiger partial charge in [-0.25, -0.2) is 0 Å². The molecule has 106 valence electrons. The molecule has 2 heterocycles. The highest BCUT2D eigenvalue weighted by Gasteiger charge is 2.31. The van der Waals surface area contributed by atoms with Crippen LogP contribution < -0.4 is 0 Å². The smallest absolute Gasteiger partial charge is 0.0619 e. The molecule has 2 aromatic carbocycles. The lowest BCUT2D eigenvalue weighted by Crippen LogP contribution is -2.27. The molecule has 4 rings (SSSR count). The van der Waals surface area contributed by atoms with Crippen LogP contribution in [0.4, 0.5) is 0 Å². The summed E-state index contributed by atoms with van der Waals surface area (Å²) in [5, 5.41) is 1.39. The van der Waals surface area contributed by atoms with Crippen LogP contribution in [0.1, 0.15) is 36.2 Å². The van der Waals surface area contributed by atoms with Crippen LogP contribution in [0.2, 0.25) is 0 Å². The molecule has 0 amide bonds. The Bertz CT molecular complexity index is 782. The molecule has 1 heteroatoms. The van der Waals surface area contributed by atoms with Gasteiger partial charge in [-0.3, -0.25) is 0 Å². The standard InChI is InChI=1S/C20H21N/c1-3-15-13-18-11-7-10-17-12-14(2)21(20(17)18)19(15)16-8-5-4-6-9-16/h4-12,15,19H,3,13H2,1-2H3. The highest BCUT2D eigenvalue weighted by Crippen LogP contribution is 2.41. The molecule has 0 bridgehead atoms. The molecule has 1 aliphatic rings. The van der Waals surface area contributed by atoms with E-state index in [-0.39, 0.29) is 0 Å². The summed E-state index contributed by atoms with van der Waals surface area (Å²) < 4.78 is 2.58. The molecule has 0 N–H and O–H groups in total. The Balaban J connectivity index is 2.01. The molecule has 21 heavy (non-hydrogen) atoms. The Morgan fingerprint density at radius 3 is 2.62 bits per heavy atom. The van der Waals surface area contributed by atoms with Gasteiger partial charge in [-0.2, -0.15) is 0 Å². The Hall–Kier alpha value is -2.02. The number of hydrogen-bond donors (Lipinski definition) is 0. The number of benzene rings is 2. The van der Waals surface area contributed by atoms with Gasteiger partial charge in [0, 0.05) is 11.1 Å². The van der Waals surface area contributed by atoms with E-state index in [1.807, 2.05) is 0 Å². The van der Waals surface area contributed by atoms with Gasteiger partial charge in [0.15, 0.2) is 0 Å². The molecule has 1 nitrogen and oxygen atoms in total. The zero-order valence-corrected chi connectivity index (χ0v) is 12.7. The number of rotatable bonds is 2. The van der Waals surface area contributed by atoms with Crippen LogP contribution in [0.3, 0.4) is 0 Å². The fourth-order valence-corrected chi connectivity index (χ4v) is 4.06. The van der Waals surface area contributed by atoms with Gasteiger partial charge in [0.25, 0.3) is 0 Å². The van der Waals surface area contributed by atoms with Crippen molar-refractivity contribution in [3.05, 3.63) is 71.4 Å². The van der Waals surface area contributed by atoms with Crippen molar-refractivity contribution in [1.82, 2.24) is 4.57 Å². The first kappa shape index (κ1) is 12.7. The molecule has 0 radical (unpaired) electrons. The van der Waals surface area contributed by atoms with Crippen molar-refractivity contribution < 1.29 is 0 Å². The zero-order chi connectivity index (χ0) is 14.4. The summed E-state index contributed by atoms with van der Waals surface area (Å²) in [7, 11) is 0. The van der Waals surface area contributed by atoms with Crippen LogP contribution in [0.15, 0.2) is 54.6 Å². The van der Waals surface area contributed by atoms with E-state index in [0.717, 1.165) is 0 Å². The Morgan fingerprint density at radius 2 is 1.86 bits per heavy atom. The Morgan fingerprint density at radius 1 is 1.05 bits per heavy atom. The van der Waals surface area contributed by atoms with Crippen molar-refractivity contribution >= 4 is 10.9 Å². The monoisotopic (exact) mass is 275 g/mol. The number of aromatic nitrogens is 1. The summed E-state index contributed by atoms with van der Waals surface area (Å²) in [5.41, 5.74) is 5.79. The predicted molar refractivity (Wildman–Crippen MR) is 88.7 cm³/mol. The van der Waals surface area contributed by atoms with Gasteiger partial charge < -0.3 is 4.57 Å². The summed E-state index contributed by atoms with van der Waals surface area (Å²) in [6, 6.07) is 20.6. The molecule has 0 saturated heterocycles. The Labute approximate surface area is 126 Å². The fraction of sp³-hybridized carbons (Fsp3) is 0.300. The second-order valence-corrected chi connectivity index (χ2v) is 6.24. The molecule has 2 atom stereocenters. The van der Waals surface area contributed by atoms with E-state index in [1.54, 1.807) is 0 Å². The maximum absolute atomic E-state index is 2.58. The van der Waals surface area contributed by atoms with Crippen LogP contribution in [-0.2, 0) is 6.42 Å². The molecular weight excluding hydrogens is 254 g/mol. The number of para-hydroxylation sites is 1. The number of hydrogen-bond acceptors (Lipinski definition) is 0. The highest BCUT2D eigenvalue weighted by molar-refractivity contribution is 5.85. The summed E-state index contributed by atoms with van der Waals surface area (Å²) in [6.07, 6.45) is 2.41. The molecular formula is C20H21N. The van der Waals surface area contributed by atoms with Crippen molar-refractivity contribution in [3.63, 3.8) is 0 Å². The quantitative estimate of drug-likeness (QED) is 0.611. The van der Waals surface area contributed by atoms with Crippen LogP contribution >= 0.6 is 0 Å². The van der Waals surface area contributed by atoms with Gasteiger partial charge in [0.2, 0.25) is 0 Å². The third-order valence-electron chi connectivity index (χ3n) is 5.01. The second kappa shape index (κ2) is 4.77. The lowest BCUT2D eigenvalue weighted by molar-refractivity contribution is 0.353. The largest absolute Gasteiger partial charge is 0.337 e. The topological polar surface area (TPSA) is 4.93 Å². The summed E-state index contributed by atoms with van der Waals surface area (Å²) >= 11 is 0. The lowest BCUT2D eigenvalue weighted by Gasteiger charge is -2.35. The zero-order valence-electron chi connectivity index (χ0n) is 12.7. The van der Waals surface area contributed by atoms with Crippen LogP contribution in [0.25, 0.3) is 10.9 Å². The molecule has 0 saturated carbocycles. The minimum absolute atomic E-state index is 0.476. The van der Waals surface area contributed by atoms with Gasteiger partial charge >= 0.3 is 0 Å². The van der Waals surface area contributed by atoms with Crippen molar-refractivity contribution in [2.45, 2.75) is 32.7 Å².